The standard InChI is InChI=1S/C20H22FN3O2.2H2O/c21-16-1-2-17-15(13-16)5-11-24-12-7-22-20(24)19(17)14-3-8-23(9-4-14)10-6-18(25)26;;/h1-2,7,12-13H,3-6,8-11H2,(H,25,26);2*1H2. The molecule has 8 heteroatoms. The van der Waals surface area contributed by atoms with E-state index in [1.54, 1.807) is 6.07 Å². The summed E-state index contributed by atoms with van der Waals surface area (Å²) in [4.78, 5) is 17.6. The Morgan fingerprint density at radius 2 is 1.89 bits per heavy atom. The molecular weight excluding hydrogens is 365 g/mol. The van der Waals surface area contributed by atoms with E-state index in [1.807, 2.05) is 18.5 Å². The molecule has 5 N–H and O–H groups in total. The molecule has 2 aromatic rings. The number of likely N-dealkylation sites (tertiary alicyclic amines) is 1. The molecule has 0 atom stereocenters. The summed E-state index contributed by atoms with van der Waals surface area (Å²) in [6, 6.07) is 5.05. The van der Waals surface area contributed by atoms with Gasteiger partial charge in [-0.1, -0.05) is 11.6 Å². The van der Waals surface area contributed by atoms with Crippen LogP contribution in [0, 0.1) is 5.82 Å². The molecule has 152 valence electrons. The summed E-state index contributed by atoms with van der Waals surface area (Å²) in [5, 5.41) is 8.87. The normalized spacial score (nSPS) is 16.3. The zero-order chi connectivity index (χ0) is 18.1. The van der Waals surface area contributed by atoms with Crippen LogP contribution in [0.25, 0.3) is 5.57 Å². The molecule has 3 heterocycles. The van der Waals surface area contributed by atoms with E-state index in [0.717, 1.165) is 61.4 Å². The van der Waals surface area contributed by atoms with Crippen molar-refractivity contribution in [3.8, 4) is 0 Å². The van der Waals surface area contributed by atoms with Crippen LogP contribution < -0.4 is 0 Å². The third-order valence-electron chi connectivity index (χ3n) is 5.35. The second-order valence-electron chi connectivity index (χ2n) is 6.96. The van der Waals surface area contributed by atoms with Gasteiger partial charge >= 0.3 is 5.97 Å². The molecule has 1 aromatic carbocycles. The van der Waals surface area contributed by atoms with Crippen molar-refractivity contribution in [1.82, 2.24) is 14.5 Å². The van der Waals surface area contributed by atoms with Crippen LogP contribution in [0.5, 0.6) is 0 Å². The van der Waals surface area contributed by atoms with Gasteiger partial charge in [0.15, 0.2) is 0 Å². The molecule has 4 rings (SSSR count). The number of fused-ring (bicyclic) bond motifs is 2. The number of rotatable bonds is 3. The largest absolute Gasteiger partial charge is 0.481 e. The Morgan fingerprint density at radius 1 is 1.14 bits per heavy atom. The van der Waals surface area contributed by atoms with Crippen LogP contribution in [0.3, 0.4) is 0 Å². The first-order valence-corrected chi connectivity index (χ1v) is 9.08. The number of hydrogen-bond donors (Lipinski definition) is 1. The molecule has 0 saturated carbocycles. The smallest absolute Gasteiger partial charge is 0.304 e. The molecule has 2 aliphatic rings. The lowest BCUT2D eigenvalue weighted by molar-refractivity contribution is -0.137. The van der Waals surface area contributed by atoms with Gasteiger partial charge in [-0.05, 0) is 42.5 Å². The van der Waals surface area contributed by atoms with Gasteiger partial charge in [0, 0.05) is 44.1 Å². The minimum absolute atomic E-state index is 0. The molecule has 0 amide bonds. The first-order valence-electron chi connectivity index (χ1n) is 9.08. The maximum atomic E-state index is 13.8. The molecule has 0 aliphatic carbocycles. The molecule has 1 saturated heterocycles. The molecule has 1 aromatic heterocycles. The lowest BCUT2D eigenvalue weighted by atomic mass is 9.90. The van der Waals surface area contributed by atoms with Gasteiger partial charge in [-0.3, -0.25) is 4.79 Å². The molecule has 1 fully saturated rings. The highest BCUT2D eigenvalue weighted by Crippen LogP contribution is 2.35. The van der Waals surface area contributed by atoms with E-state index in [-0.39, 0.29) is 23.2 Å². The van der Waals surface area contributed by atoms with E-state index in [4.69, 9.17) is 5.11 Å². The number of carboxylic acids is 1. The van der Waals surface area contributed by atoms with Gasteiger partial charge in [0.25, 0.3) is 0 Å². The van der Waals surface area contributed by atoms with E-state index in [2.05, 4.69) is 14.5 Å². The predicted molar refractivity (Wildman–Crippen MR) is 104 cm³/mol. The summed E-state index contributed by atoms with van der Waals surface area (Å²) < 4.78 is 15.9. The van der Waals surface area contributed by atoms with E-state index in [0.29, 0.717) is 6.54 Å². The van der Waals surface area contributed by atoms with Gasteiger partial charge in [0.2, 0.25) is 0 Å². The number of carboxylic acid groups (broad SMARTS) is 1. The Bertz CT molecular complexity index is 868. The van der Waals surface area contributed by atoms with Gasteiger partial charge in [-0.15, -0.1) is 0 Å². The minimum Gasteiger partial charge on any atom is -0.481 e. The fraction of sp³-hybridized carbons (Fsp3) is 0.400. The Morgan fingerprint density at radius 3 is 2.61 bits per heavy atom. The van der Waals surface area contributed by atoms with E-state index >= 15 is 0 Å². The average Bonchev–Trinajstić information content (AvgIpc) is 3.03. The summed E-state index contributed by atoms with van der Waals surface area (Å²) in [6.45, 7) is 3.09. The highest BCUT2D eigenvalue weighted by molar-refractivity contribution is 5.81. The highest BCUT2D eigenvalue weighted by atomic mass is 19.1. The lowest BCUT2D eigenvalue weighted by Crippen LogP contribution is -2.33. The van der Waals surface area contributed by atoms with E-state index < -0.39 is 5.97 Å². The third kappa shape index (κ3) is 4.30. The van der Waals surface area contributed by atoms with Crippen LogP contribution in [0.1, 0.15) is 36.2 Å². The predicted octanol–water partition coefficient (Wildman–Crippen LogP) is 1.30. The molecule has 0 bridgehead atoms. The van der Waals surface area contributed by atoms with Crippen molar-refractivity contribution in [3.05, 3.63) is 58.9 Å². The second kappa shape index (κ2) is 9.09. The Balaban J connectivity index is 0.00000140. The number of aryl methyl sites for hydroxylation is 2. The fourth-order valence-electron chi connectivity index (χ4n) is 3.99. The zero-order valence-electron chi connectivity index (χ0n) is 15.6. The summed E-state index contributed by atoms with van der Waals surface area (Å²) >= 11 is 0. The molecular formula is C20H26FN3O4. The maximum Gasteiger partial charge on any atom is 0.304 e. The van der Waals surface area contributed by atoms with Gasteiger partial charge in [-0.2, -0.15) is 0 Å². The van der Waals surface area contributed by atoms with Gasteiger partial charge in [-0.25, -0.2) is 9.37 Å². The fourth-order valence-corrected chi connectivity index (χ4v) is 3.99. The van der Waals surface area contributed by atoms with Crippen LogP contribution >= 0.6 is 0 Å². The van der Waals surface area contributed by atoms with Gasteiger partial charge < -0.3 is 25.5 Å². The molecule has 0 unspecified atom stereocenters. The first-order chi connectivity index (χ1) is 12.6. The third-order valence-corrected chi connectivity index (χ3v) is 5.35. The van der Waals surface area contributed by atoms with Crippen molar-refractivity contribution in [3.63, 3.8) is 0 Å². The summed E-state index contributed by atoms with van der Waals surface area (Å²) in [5.74, 6) is 0.0105. The number of aromatic nitrogens is 2. The minimum atomic E-state index is -0.754. The number of carbonyl (C=O) groups is 1. The lowest BCUT2D eigenvalue weighted by Gasteiger charge is -2.29. The number of aliphatic carboxylic acids is 1. The molecule has 28 heavy (non-hydrogen) atoms. The van der Waals surface area contributed by atoms with Crippen LogP contribution in [-0.2, 0) is 17.8 Å². The Labute approximate surface area is 162 Å². The summed E-state index contributed by atoms with van der Waals surface area (Å²) in [6.07, 6.45) is 6.56. The summed E-state index contributed by atoms with van der Waals surface area (Å²) in [5.41, 5.74) is 4.59. The molecule has 7 nitrogen and oxygen atoms in total. The number of hydrogen-bond acceptors (Lipinski definition) is 3. The van der Waals surface area contributed by atoms with Crippen molar-refractivity contribution in [1.29, 1.82) is 0 Å². The van der Waals surface area contributed by atoms with E-state index in [1.165, 1.54) is 11.6 Å². The SMILES string of the molecule is O.O.O=C(O)CCN1CCC(=C2c3ccc(F)cc3CCn3ccnc32)CC1. The topological polar surface area (TPSA) is 121 Å². The van der Waals surface area contributed by atoms with Crippen molar-refractivity contribution in [2.45, 2.75) is 32.2 Å². The highest BCUT2D eigenvalue weighted by Gasteiger charge is 2.25. The zero-order valence-corrected chi connectivity index (χ0v) is 15.6. The number of imidazole rings is 1. The summed E-state index contributed by atoms with van der Waals surface area (Å²) in [7, 11) is 0. The number of nitrogens with zero attached hydrogens (tertiary/aromatic N) is 3. The van der Waals surface area contributed by atoms with Gasteiger partial charge in [0.05, 0.1) is 6.42 Å². The van der Waals surface area contributed by atoms with Crippen molar-refractivity contribution < 1.29 is 25.2 Å². The second-order valence-corrected chi connectivity index (χ2v) is 6.96. The molecule has 0 radical (unpaired) electrons. The Hall–Kier alpha value is -2.55. The van der Waals surface area contributed by atoms with Crippen LogP contribution in [0.2, 0.25) is 0 Å². The number of halogens is 1. The first kappa shape index (κ1) is 21.7. The average molecular weight is 391 g/mol. The monoisotopic (exact) mass is 391 g/mol. The quantitative estimate of drug-likeness (QED) is 0.847. The van der Waals surface area contributed by atoms with Crippen molar-refractivity contribution >= 4 is 11.5 Å². The van der Waals surface area contributed by atoms with E-state index in [9.17, 15) is 9.18 Å². The number of benzene rings is 1. The van der Waals surface area contributed by atoms with Crippen molar-refractivity contribution in [2.75, 3.05) is 19.6 Å². The maximum absolute atomic E-state index is 13.8. The molecule has 2 aliphatic heterocycles. The molecule has 0 spiro atoms. The van der Waals surface area contributed by atoms with Crippen molar-refractivity contribution in [2.24, 2.45) is 0 Å². The van der Waals surface area contributed by atoms with Crippen LogP contribution in [-0.4, -0.2) is 56.1 Å². The number of piperidine rings is 1. The Kier molecular flexibility index (Phi) is 7.06. The van der Waals surface area contributed by atoms with Crippen LogP contribution in [0.15, 0.2) is 36.2 Å². The van der Waals surface area contributed by atoms with Gasteiger partial charge in [0.1, 0.15) is 11.6 Å². The van der Waals surface area contributed by atoms with Crippen LogP contribution in [0.4, 0.5) is 4.39 Å².